The number of ether oxygens (including phenoxy) is 1. The molecule has 1 aromatic carbocycles. The number of hydrogen-bond acceptors (Lipinski definition) is 4. The van der Waals surface area contributed by atoms with Gasteiger partial charge in [0.2, 0.25) is 0 Å². The first-order chi connectivity index (χ1) is 7.43. The number of aliphatic hydroxyl groups is 1. The Morgan fingerprint density at radius 1 is 1.31 bits per heavy atom. The van der Waals surface area contributed by atoms with Crippen LogP contribution in [0.3, 0.4) is 0 Å². The van der Waals surface area contributed by atoms with Gasteiger partial charge in [-0.05, 0) is 26.0 Å². The summed E-state index contributed by atoms with van der Waals surface area (Å²) in [5.74, 6) is -0.990. The Bertz CT molecular complexity index is 381. The van der Waals surface area contributed by atoms with Gasteiger partial charge >= 0.3 is 5.97 Å². The van der Waals surface area contributed by atoms with Crippen molar-refractivity contribution in [3.63, 3.8) is 0 Å². The van der Waals surface area contributed by atoms with Crippen molar-refractivity contribution >= 4 is 11.8 Å². The molecule has 0 aliphatic carbocycles. The van der Waals surface area contributed by atoms with Crippen LogP contribution in [0.1, 0.15) is 24.2 Å². The third-order valence-corrected chi connectivity index (χ3v) is 2.25. The van der Waals surface area contributed by atoms with E-state index >= 15 is 0 Å². The summed E-state index contributed by atoms with van der Waals surface area (Å²) in [6.45, 7) is 2.22. The fourth-order valence-corrected chi connectivity index (χ4v) is 0.965. The second-order valence-electron chi connectivity index (χ2n) is 3.77. The van der Waals surface area contributed by atoms with Crippen LogP contribution in [0.25, 0.3) is 0 Å². The summed E-state index contributed by atoms with van der Waals surface area (Å²) < 4.78 is 4.84. The van der Waals surface area contributed by atoms with Crippen molar-refractivity contribution in [2.24, 2.45) is 0 Å². The van der Waals surface area contributed by atoms with Gasteiger partial charge in [0.05, 0.1) is 5.56 Å². The minimum Gasteiger partial charge on any atom is -0.459 e. The Balaban J connectivity index is 2.58. The van der Waals surface area contributed by atoms with E-state index in [1.54, 1.807) is 30.3 Å². The number of rotatable bonds is 4. The maximum atomic E-state index is 11.5. The summed E-state index contributed by atoms with van der Waals surface area (Å²) in [4.78, 5) is 22.4. The molecule has 0 amide bonds. The molecule has 0 saturated heterocycles. The fraction of sp³-hybridized carbons (Fsp3) is 0.333. The molecule has 0 bridgehead atoms. The van der Waals surface area contributed by atoms with Gasteiger partial charge in [-0.15, -0.1) is 0 Å². The standard InChI is InChI=1S/C12H14O4/c1-9(13)12(2,15)8-16-11(14)10-6-4-3-5-7-10/h3-7,15H,8H2,1-2H3. The zero-order chi connectivity index (χ0) is 12.2. The van der Waals surface area contributed by atoms with Gasteiger partial charge in [-0.1, -0.05) is 18.2 Å². The molecule has 0 fully saturated rings. The first-order valence-corrected chi connectivity index (χ1v) is 4.89. The zero-order valence-corrected chi connectivity index (χ0v) is 9.27. The summed E-state index contributed by atoms with van der Waals surface area (Å²) in [7, 11) is 0. The first kappa shape index (κ1) is 12.4. The molecule has 4 heteroatoms. The van der Waals surface area contributed by atoms with Crippen molar-refractivity contribution in [1.82, 2.24) is 0 Å². The number of carbonyl (C=O) groups is 2. The molecule has 1 aromatic rings. The lowest BCUT2D eigenvalue weighted by atomic mass is 10.0. The summed E-state index contributed by atoms with van der Waals surface area (Å²) in [5.41, 5.74) is -1.23. The number of esters is 1. The maximum absolute atomic E-state index is 11.5. The van der Waals surface area contributed by atoms with Gasteiger partial charge in [-0.2, -0.15) is 0 Å². The highest BCUT2D eigenvalue weighted by Crippen LogP contribution is 2.08. The average Bonchev–Trinajstić information content (AvgIpc) is 2.27. The molecule has 1 atom stereocenters. The first-order valence-electron chi connectivity index (χ1n) is 4.89. The van der Waals surface area contributed by atoms with Crippen molar-refractivity contribution in [2.75, 3.05) is 6.61 Å². The highest BCUT2D eigenvalue weighted by Gasteiger charge is 2.28. The van der Waals surface area contributed by atoms with Gasteiger partial charge in [-0.25, -0.2) is 4.79 Å². The number of Topliss-reactive ketones (excluding diaryl/α,β-unsaturated/α-hetero) is 1. The number of hydrogen-bond donors (Lipinski definition) is 1. The minimum absolute atomic E-state index is 0.337. The molecular weight excluding hydrogens is 208 g/mol. The Morgan fingerprint density at radius 3 is 2.38 bits per heavy atom. The lowest BCUT2D eigenvalue weighted by Gasteiger charge is -2.19. The third kappa shape index (κ3) is 3.17. The molecule has 1 N–H and O–H groups in total. The lowest BCUT2D eigenvalue weighted by molar-refractivity contribution is -0.137. The maximum Gasteiger partial charge on any atom is 0.338 e. The van der Waals surface area contributed by atoms with E-state index in [-0.39, 0.29) is 6.61 Å². The SMILES string of the molecule is CC(=O)C(C)(O)COC(=O)c1ccccc1. The summed E-state index contributed by atoms with van der Waals surface area (Å²) >= 11 is 0. The van der Waals surface area contributed by atoms with Crippen LogP contribution in [-0.2, 0) is 9.53 Å². The van der Waals surface area contributed by atoms with Gasteiger partial charge < -0.3 is 9.84 Å². The van der Waals surface area contributed by atoms with E-state index in [1.165, 1.54) is 13.8 Å². The Kier molecular flexibility index (Phi) is 3.79. The van der Waals surface area contributed by atoms with E-state index in [0.717, 1.165) is 0 Å². The second kappa shape index (κ2) is 4.90. The number of carbonyl (C=O) groups excluding carboxylic acids is 2. The smallest absolute Gasteiger partial charge is 0.338 e. The van der Waals surface area contributed by atoms with Crippen LogP contribution >= 0.6 is 0 Å². The van der Waals surface area contributed by atoms with Crippen LogP contribution in [0.5, 0.6) is 0 Å². The molecule has 86 valence electrons. The monoisotopic (exact) mass is 222 g/mol. The quantitative estimate of drug-likeness (QED) is 0.777. The highest BCUT2D eigenvalue weighted by atomic mass is 16.5. The minimum atomic E-state index is -1.62. The van der Waals surface area contributed by atoms with E-state index in [9.17, 15) is 14.7 Å². The molecule has 1 rings (SSSR count). The molecule has 0 aromatic heterocycles. The summed E-state index contributed by atoms with van der Waals surface area (Å²) in [5, 5.41) is 9.56. The van der Waals surface area contributed by atoms with Gasteiger partial charge in [0.15, 0.2) is 11.4 Å². The van der Waals surface area contributed by atoms with E-state index in [4.69, 9.17) is 4.74 Å². The summed E-state index contributed by atoms with van der Waals surface area (Å²) in [6.07, 6.45) is 0. The molecule has 4 nitrogen and oxygen atoms in total. The van der Waals surface area contributed by atoms with Gasteiger partial charge in [-0.3, -0.25) is 4.79 Å². The Labute approximate surface area is 93.9 Å². The number of benzene rings is 1. The predicted octanol–water partition coefficient (Wildman–Crippen LogP) is 1.18. The molecular formula is C12H14O4. The molecule has 0 heterocycles. The van der Waals surface area contributed by atoms with Crippen LogP contribution in [0.4, 0.5) is 0 Å². The van der Waals surface area contributed by atoms with E-state index in [0.29, 0.717) is 5.56 Å². The van der Waals surface area contributed by atoms with Gasteiger partial charge in [0.25, 0.3) is 0 Å². The molecule has 0 saturated carbocycles. The largest absolute Gasteiger partial charge is 0.459 e. The van der Waals surface area contributed by atoms with Crippen molar-refractivity contribution < 1.29 is 19.4 Å². The average molecular weight is 222 g/mol. The van der Waals surface area contributed by atoms with E-state index in [1.807, 2.05) is 0 Å². The Hall–Kier alpha value is -1.68. The molecule has 0 spiro atoms. The van der Waals surface area contributed by atoms with Crippen LogP contribution < -0.4 is 0 Å². The van der Waals surface area contributed by atoms with E-state index < -0.39 is 17.4 Å². The van der Waals surface area contributed by atoms with Gasteiger partial charge in [0.1, 0.15) is 6.61 Å². The van der Waals surface area contributed by atoms with E-state index in [2.05, 4.69) is 0 Å². The third-order valence-electron chi connectivity index (χ3n) is 2.25. The van der Waals surface area contributed by atoms with Crippen LogP contribution in [0.2, 0.25) is 0 Å². The molecule has 1 unspecified atom stereocenters. The molecule has 0 aliphatic rings. The molecule has 16 heavy (non-hydrogen) atoms. The number of ketones is 1. The zero-order valence-electron chi connectivity index (χ0n) is 9.27. The molecule has 0 radical (unpaired) electrons. The van der Waals surface area contributed by atoms with Crippen LogP contribution in [-0.4, -0.2) is 29.1 Å². The van der Waals surface area contributed by atoms with Crippen molar-refractivity contribution in [2.45, 2.75) is 19.4 Å². The fourth-order valence-electron chi connectivity index (χ4n) is 0.965. The lowest BCUT2D eigenvalue weighted by Crippen LogP contribution is -2.39. The molecule has 0 aliphatic heterocycles. The van der Waals surface area contributed by atoms with Crippen molar-refractivity contribution in [3.05, 3.63) is 35.9 Å². The Morgan fingerprint density at radius 2 is 1.88 bits per heavy atom. The summed E-state index contributed by atoms with van der Waals surface area (Å²) in [6, 6.07) is 8.40. The topological polar surface area (TPSA) is 63.6 Å². The second-order valence-corrected chi connectivity index (χ2v) is 3.77. The van der Waals surface area contributed by atoms with Crippen molar-refractivity contribution in [3.8, 4) is 0 Å². The normalized spacial score (nSPS) is 13.9. The highest BCUT2D eigenvalue weighted by molar-refractivity contribution is 5.90. The van der Waals surface area contributed by atoms with Gasteiger partial charge in [0, 0.05) is 0 Å². The van der Waals surface area contributed by atoms with Crippen LogP contribution in [0, 0.1) is 0 Å². The predicted molar refractivity (Wildman–Crippen MR) is 58.0 cm³/mol. The van der Waals surface area contributed by atoms with Crippen molar-refractivity contribution in [1.29, 1.82) is 0 Å². The van der Waals surface area contributed by atoms with Crippen LogP contribution in [0.15, 0.2) is 30.3 Å².